The second-order valence-corrected chi connectivity index (χ2v) is 4.79. The fraction of sp³-hybridized carbons (Fsp3) is 0.200. The van der Waals surface area contributed by atoms with Gasteiger partial charge in [0.25, 0.3) is 0 Å². The van der Waals surface area contributed by atoms with Crippen LogP contribution in [0.15, 0.2) is 35.7 Å². The van der Waals surface area contributed by atoms with Crippen LogP contribution in [0.5, 0.6) is 0 Å². The first-order valence-corrected chi connectivity index (χ1v) is 6.01. The number of nitrogens with one attached hydrogen (secondary N) is 1. The molecule has 0 saturated heterocycles. The van der Waals surface area contributed by atoms with E-state index in [1.807, 2.05) is 0 Å². The summed E-state index contributed by atoms with van der Waals surface area (Å²) >= 11 is 0. The summed E-state index contributed by atoms with van der Waals surface area (Å²) in [6.07, 6.45) is 1.96. The molecule has 0 aromatic heterocycles. The molecule has 0 fully saturated rings. The molecule has 0 amide bonds. The molecular weight excluding hydrogens is 236 g/mol. The van der Waals surface area contributed by atoms with Crippen LogP contribution in [0.3, 0.4) is 0 Å². The van der Waals surface area contributed by atoms with Crippen LogP contribution in [0.25, 0.3) is 0 Å². The van der Waals surface area contributed by atoms with E-state index in [0.29, 0.717) is 12.5 Å². The largest absolute Gasteiger partial charge is 0.243 e. The Morgan fingerprint density at radius 1 is 1.38 bits per heavy atom. The highest BCUT2D eigenvalue weighted by atomic mass is 32.2. The van der Waals surface area contributed by atoms with Crippen molar-refractivity contribution in [2.75, 3.05) is 6.54 Å². The SMILES string of the molecule is C=CCCNS(=O)(=O)c1ccc(F)cc1F. The van der Waals surface area contributed by atoms with Crippen LogP contribution in [0.4, 0.5) is 8.78 Å². The highest BCUT2D eigenvalue weighted by Gasteiger charge is 2.18. The Bertz CT molecular complexity index is 486. The third-order valence-corrected chi connectivity index (χ3v) is 3.32. The van der Waals surface area contributed by atoms with Gasteiger partial charge in [-0.2, -0.15) is 0 Å². The van der Waals surface area contributed by atoms with E-state index in [1.54, 1.807) is 0 Å². The van der Waals surface area contributed by atoms with Gasteiger partial charge in [-0.25, -0.2) is 21.9 Å². The van der Waals surface area contributed by atoms with Crippen molar-refractivity contribution >= 4 is 10.0 Å². The molecule has 0 aliphatic carbocycles. The fourth-order valence-electron chi connectivity index (χ4n) is 1.07. The van der Waals surface area contributed by atoms with Crippen molar-refractivity contribution in [2.24, 2.45) is 0 Å². The van der Waals surface area contributed by atoms with Crippen molar-refractivity contribution in [2.45, 2.75) is 11.3 Å². The molecule has 0 spiro atoms. The highest BCUT2D eigenvalue weighted by molar-refractivity contribution is 7.89. The zero-order valence-electron chi connectivity index (χ0n) is 8.41. The number of halogens is 2. The van der Waals surface area contributed by atoms with Crippen LogP contribution >= 0.6 is 0 Å². The maximum absolute atomic E-state index is 13.2. The maximum Gasteiger partial charge on any atom is 0.243 e. The molecule has 88 valence electrons. The molecular formula is C10H11F2NO2S. The third kappa shape index (κ3) is 3.11. The lowest BCUT2D eigenvalue weighted by molar-refractivity contribution is 0.543. The molecule has 1 rings (SSSR count). The van der Waals surface area contributed by atoms with Gasteiger partial charge in [0.15, 0.2) is 0 Å². The van der Waals surface area contributed by atoms with Crippen LogP contribution in [0.2, 0.25) is 0 Å². The van der Waals surface area contributed by atoms with E-state index in [-0.39, 0.29) is 6.54 Å². The molecule has 1 aromatic carbocycles. The topological polar surface area (TPSA) is 46.2 Å². The molecule has 1 N–H and O–H groups in total. The van der Waals surface area contributed by atoms with Gasteiger partial charge in [-0.15, -0.1) is 6.58 Å². The number of benzene rings is 1. The molecule has 0 atom stereocenters. The van der Waals surface area contributed by atoms with Crippen LogP contribution in [-0.2, 0) is 10.0 Å². The number of hydrogen-bond acceptors (Lipinski definition) is 2. The summed E-state index contributed by atoms with van der Waals surface area (Å²) in [5.41, 5.74) is 0. The van der Waals surface area contributed by atoms with E-state index in [0.717, 1.165) is 12.1 Å². The third-order valence-electron chi connectivity index (χ3n) is 1.82. The smallest absolute Gasteiger partial charge is 0.211 e. The minimum absolute atomic E-state index is 0.128. The quantitative estimate of drug-likeness (QED) is 0.637. The molecule has 0 unspecified atom stereocenters. The maximum atomic E-state index is 13.2. The van der Waals surface area contributed by atoms with Crippen molar-refractivity contribution < 1.29 is 17.2 Å². The Balaban J connectivity index is 2.94. The minimum Gasteiger partial charge on any atom is -0.211 e. The molecule has 0 radical (unpaired) electrons. The summed E-state index contributed by atoms with van der Waals surface area (Å²) in [7, 11) is -3.92. The lowest BCUT2D eigenvalue weighted by atomic mass is 10.3. The zero-order valence-corrected chi connectivity index (χ0v) is 9.23. The monoisotopic (exact) mass is 247 g/mol. The standard InChI is InChI=1S/C10H11F2NO2S/c1-2-3-6-13-16(14,15)10-5-4-8(11)7-9(10)12/h2,4-5,7,13H,1,3,6H2. The number of rotatable bonds is 5. The van der Waals surface area contributed by atoms with Gasteiger partial charge >= 0.3 is 0 Å². The molecule has 0 saturated carbocycles. The molecule has 6 heteroatoms. The Morgan fingerprint density at radius 3 is 2.62 bits per heavy atom. The average Bonchev–Trinajstić information content (AvgIpc) is 2.17. The Hall–Kier alpha value is -1.27. The van der Waals surface area contributed by atoms with E-state index >= 15 is 0 Å². The lowest BCUT2D eigenvalue weighted by Gasteiger charge is -2.06. The van der Waals surface area contributed by atoms with E-state index < -0.39 is 26.6 Å². The molecule has 1 aromatic rings. The van der Waals surface area contributed by atoms with Gasteiger partial charge in [0.2, 0.25) is 10.0 Å². The summed E-state index contributed by atoms with van der Waals surface area (Å²) in [6, 6.07) is 2.31. The highest BCUT2D eigenvalue weighted by Crippen LogP contribution is 2.14. The average molecular weight is 247 g/mol. The van der Waals surface area contributed by atoms with Crippen LogP contribution in [0.1, 0.15) is 6.42 Å². The first kappa shape index (κ1) is 12.8. The van der Waals surface area contributed by atoms with Crippen LogP contribution < -0.4 is 4.72 Å². The van der Waals surface area contributed by atoms with E-state index in [1.165, 1.54) is 6.08 Å². The summed E-state index contributed by atoms with van der Waals surface area (Å²) < 4.78 is 51.0. The molecule has 0 aliphatic heterocycles. The van der Waals surface area contributed by atoms with Crippen molar-refractivity contribution in [3.05, 3.63) is 42.5 Å². The number of hydrogen-bond donors (Lipinski definition) is 1. The van der Waals surface area contributed by atoms with Crippen LogP contribution in [0, 0.1) is 11.6 Å². The van der Waals surface area contributed by atoms with Gasteiger partial charge in [-0.1, -0.05) is 6.08 Å². The van der Waals surface area contributed by atoms with Gasteiger partial charge in [0.1, 0.15) is 16.5 Å². The Kier molecular flexibility index (Phi) is 4.14. The predicted octanol–water partition coefficient (Wildman–Crippen LogP) is 1.82. The van der Waals surface area contributed by atoms with Gasteiger partial charge in [-0.05, 0) is 18.6 Å². The first-order valence-electron chi connectivity index (χ1n) is 4.53. The molecule has 0 bridgehead atoms. The van der Waals surface area contributed by atoms with E-state index in [9.17, 15) is 17.2 Å². The first-order chi connectivity index (χ1) is 7.47. The van der Waals surface area contributed by atoms with Crippen molar-refractivity contribution in [3.8, 4) is 0 Å². The van der Waals surface area contributed by atoms with Gasteiger partial charge < -0.3 is 0 Å². The summed E-state index contributed by atoms with van der Waals surface area (Å²) in [5.74, 6) is -1.92. The number of sulfonamides is 1. The molecule has 0 aliphatic rings. The van der Waals surface area contributed by atoms with Crippen molar-refractivity contribution in [3.63, 3.8) is 0 Å². The predicted molar refractivity (Wildman–Crippen MR) is 56.4 cm³/mol. The molecule has 3 nitrogen and oxygen atoms in total. The van der Waals surface area contributed by atoms with Gasteiger partial charge in [0.05, 0.1) is 0 Å². The zero-order chi connectivity index (χ0) is 12.2. The summed E-state index contributed by atoms with van der Waals surface area (Å²) in [5, 5.41) is 0. The van der Waals surface area contributed by atoms with Crippen molar-refractivity contribution in [1.82, 2.24) is 4.72 Å². The Morgan fingerprint density at radius 2 is 2.06 bits per heavy atom. The van der Waals surface area contributed by atoms with Crippen molar-refractivity contribution in [1.29, 1.82) is 0 Å². The summed E-state index contributed by atoms with van der Waals surface area (Å²) in [4.78, 5) is -0.557. The minimum atomic E-state index is -3.92. The molecule has 0 heterocycles. The van der Waals surface area contributed by atoms with Crippen LogP contribution in [-0.4, -0.2) is 15.0 Å². The fourth-order valence-corrected chi connectivity index (χ4v) is 2.17. The Labute approximate surface area is 92.8 Å². The second kappa shape index (κ2) is 5.18. The van der Waals surface area contributed by atoms with Gasteiger partial charge in [-0.3, -0.25) is 0 Å². The second-order valence-electron chi connectivity index (χ2n) is 3.05. The normalized spacial score (nSPS) is 11.4. The lowest BCUT2D eigenvalue weighted by Crippen LogP contribution is -2.25. The molecule has 16 heavy (non-hydrogen) atoms. The van der Waals surface area contributed by atoms with Gasteiger partial charge in [0, 0.05) is 12.6 Å². The van der Waals surface area contributed by atoms with E-state index in [4.69, 9.17) is 0 Å². The summed E-state index contributed by atoms with van der Waals surface area (Å²) in [6.45, 7) is 3.55. The van der Waals surface area contributed by atoms with E-state index in [2.05, 4.69) is 11.3 Å².